The van der Waals surface area contributed by atoms with Gasteiger partial charge in [-0.1, -0.05) is 12.2 Å². The van der Waals surface area contributed by atoms with Crippen LogP contribution < -0.4 is 0 Å². The molecule has 0 saturated carbocycles. The minimum Gasteiger partial charge on any atom is -0.266 e. The first-order valence-corrected chi connectivity index (χ1v) is 5.24. The maximum Gasteiger partial charge on any atom is 0.249 e. The number of amidine groups is 1. The average molecular weight is 229 g/mol. The van der Waals surface area contributed by atoms with E-state index in [4.69, 9.17) is 0 Å². The summed E-state index contributed by atoms with van der Waals surface area (Å²) < 4.78 is 25.3. The maximum absolute atomic E-state index is 12.7. The Bertz CT molecular complexity index is 305. The Labute approximate surface area is 94.5 Å². The third-order valence-electron chi connectivity index (χ3n) is 2.28. The molecule has 5 heteroatoms. The van der Waals surface area contributed by atoms with Crippen LogP contribution in [0.4, 0.5) is 8.78 Å². The molecule has 0 amide bonds. The summed E-state index contributed by atoms with van der Waals surface area (Å²) in [6, 6.07) is 0. The lowest BCUT2D eigenvalue weighted by molar-refractivity contribution is 0.0225. The van der Waals surface area contributed by atoms with Crippen molar-refractivity contribution < 1.29 is 8.78 Å². The van der Waals surface area contributed by atoms with Crippen LogP contribution in [0.25, 0.3) is 0 Å². The van der Waals surface area contributed by atoms with Gasteiger partial charge in [0.1, 0.15) is 5.84 Å². The first-order valence-electron chi connectivity index (χ1n) is 5.24. The van der Waals surface area contributed by atoms with Crippen LogP contribution in [-0.4, -0.2) is 36.6 Å². The summed E-state index contributed by atoms with van der Waals surface area (Å²) in [5.74, 6) is -1.89. The van der Waals surface area contributed by atoms with Crippen molar-refractivity contribution in [2.24, 2.45) is 10.1 Å². The van der Waals surface area contributed by atoms with Crippen molar-refractivity contribution in [2.75, 3.05) is 13.1 Å². The summed E-state index contributed by atoms with van der Waals surface area (Å²) in [6.45, 7) is 8.96. The van der Waals surface area contributed by atoms with Gasteiger partial charge in [0.2, 0.25) is 5.92 Å². The van der Waals surface area contributed by atoms with Gasteiger partial charge in [-0.2, -0.15) is 5.10 Å². The van der Waals surface area contributed by atoms with Crippen LogP contribution in [0.3, 0.4) is 0 Å². The van der Waals surface area contributed by atoms with Gasteiger partial charge in [0.05, 0.1) is 6.54 Å². The van der Waals surface area contributed by atoms with Gasteiger partial charge in [-0.25, -0.2) is 8.78 Å². The summed E-state index contributed by atoms with van der Waals surface area (Å²) in [6.07, 6.45) is 1.49. The molecule has 0 N–H and O–H groups in total. The molecule has 0 unspecified atom stereocenters. The average Bonchev–Trinajstić information content (AvgIpc) is 2.59. The second-order valence-corrected chi connectivity index (χ2v) is 4.10. The van der Waals surface area contributed by atoms with Gasteiger partial charge in [0.25, 0.3) is 0 Å². The molecule has 1 rings (SSSR count). The van der Waals surface area contributed by atoms with Crippen LogP contribution in [0.15, 0.2) is 22.2 Å². The summed E-state index contributed by atoms with van der Waals surface area (Å²) in [4.78, 5) is 4.24. The second kappa shape index (κ2) is 5.18. The molecule has 0 aliphatic carbocycles. The second-order valence-electron chi connectivity index (χ2n) is 4.10. The molecule has 0 spiro atoms. The van der Waals surface area contributed by atoms with E-state index in [1.165, 1.54) is 0 Å². The van der Waals surface area contributed by atoms with Gasteiger partial charge in [-0.15, -0.1) is 0 Å². The molecule has 0 bridgehead atoms. The molecule has 0 aromatic rings. The number of hydrogen-bond acceptors (Lipinski definition) is 2. The smallest absolute Gasteiger partial charge is 0.249 e. The highest BCUT2D eigenvalue weighted by Crippen LogP contribution is 2.21. The van der Waals surface area contributed by atoms with E-state index in [0.29, 0.717) is 5.57 Å². The fourth-order valence-electron chi connectivity index (χ4n) is 1.66. The molecule has 1 fully saturated rings. The molecule has 1 heterocycles. The molecule has 1 aliphatic rings. The minimum absolute atomic E-state index is 0.241. The van der Waals surface area contributed by atoms with Crippen LogP contribution >= 0.6 is 0 Å². The summed E-state index contributed by atoms with van der Waals surface area (Å²) >= 11 is 0. The predicted octanol–water partition coefficient (Wildman–Crippen LogP) is 2.70. The van der Waals surface area contributed by atoms with Crippen LogP contribution in [0.2, 0.25) is 0 Å². The van der Waals surface area contributed by atoms with Gasteiger partial charge in [0, 0.05) is 26.1 Å². The molecule has 0 aromatic heterocycles. The van der Waals surface area contributed by atoms with E-state index < -0.39 is 5.92 Å². The Morgan fingerprint density at radius 1 is 1.56 bits per heavy atom. The molecule has 0 atom stereocenters. The third kappa shape index (κ3) is 4.08. The zero-order valence-electron chi connectivity index (χ0n) is 9.55. The van der Waals surface area contributed by atoms with E-state index in [-0.39, 0.29) is 13.0 Å². The Morgan fingerprint density at radius 2 is 2.25 bits per heavy atom. The van der Waals surface area contributed by atoms with E-state index >= 15 is 0 Å². The van der Waals surface area contributed by atoms with Gasteiger partial charge in [-0.05, 0) is 13.3 Å². The molecule has 0 radical (unpaired) electrons. The lowest BCUT2D eigenvalue weighted by Crippen LogP contribution is -2.18. The van der Waals surface area contributed by atoms with Crippen LogP contribution in [-0.2, 0) is 0 Å². The third-order valence-corrected chi connectivity index (χ3v) is 2.28. The van der Waals surface area contributed by atoms with Crippen LogP contribution in [0, 0.1) is 0 Å². The standard InChI is InChI=1S/C11H17F2N3/c1-9(7-11(2,12)13)8-15-10-5-4-6-16(10)14-3/h1,3-8H2,2H3. The number of hydrazone groups is 1. The van der Waals surface area contributed by atoms with Crippen molar-refractivity contribution in [1.82, 2.24) is 5.01 Å². The Hall–Kier alpha value is -1.26. The quantitative estimate of drug-likeness (QED) is 0.526. The SMILES string of the molecule is C=NN1CCCC1=NCC(=C)CC(C)(F)F. The lowest BCUT2D eigenvalue weighted by Gasteiger charge is -2.13. The van der Waals surface area contributed by atoms with Crippen molar-refractivity contribution in [2.45, 2.75) is 32.1 Å². The number of aliphatic imine (C=N–C) groups is 1. The highest BCUT2D eigenvalue weighted by Gasteiger charge is 2.22. The summed E-state index contributed by atoms with van der Waals surface area (Å²) in [5, 5.41) is 5.50. The molecule has 1 aliphatic heterocycles. The molecular formula is C11H17F2N3. The fraction of sp³-hybridized carbons (Fsp3) is 0.636. The summed E-state index contributed by atoms with van der Waals surface area (Å²) in [7, 11) is 0. The molecule has 1 saturated heterocycles. The minimum atomic E-state index is -2.71. The largest absolute Gasteiger partial charge is 0.266 e. The van der Waals surface area contributed by atoms with Gasteiger partial charge >= 0.3 is 0 Å². The zero-order valence-corrected chi connectivity index (χ0v) is 9.55. The Morgan fingerprint density at radius 3 is 2.81 bits per heavy atom. The van der Waals surface area contributed by atoms with E-state index in [0.717, 1.165) is 32.1 Å². The first-order chi connectivity index (χ1) is 7.42. The predicted molar refractivity (Wildman–Crippen MR) is 62.2 cm³/mol. The van der Waals surface area contributed by atoms with E-state index in [1.54, 1.807) is 5.01 Å². The number of halogens is 2. The molecule has 0 aromatic carbocycles. The fourth-order valence-corrected chi connectivity index (χ4v) is 1.66. The lowest BCUT2D eigenvalue weighted by atomic mass is 10.1. The Kier molecular flexibility index (Phi) is 4.15. The number of alkyl halides is 2. The molecule has 3 nitrogen and oxygen atoms in total. The summed E-state index contributed by atoms with van der Waals surface area (Å²) in [5.41, 5.74) is 0.441. The normalized spacial score (nSPS) is 19.2. The molecule has 16 heavy (non-hydrogen) atoms. The first kappa shape index (κ1) is 12.8. The van der Waals surface area contributed by atoms with Crippen molar-refractivity contribution >= 4 is 12.6 Å². The van der Waals surface area contributed by atoms with Crippen molar-refractivity contribution in [3.05, 3.63) is 12.2 Å². The monoisotopic (exact) mass is 229 g/mol. The van der Waals surface area contributed by atoms with Crippen molar-refractivity contribution in [3.63, 3.8) is 0 Å². The highest BCUT2D eigenvalue weighted by atomic mass is 19.3. The van der Waals surface area contributed by atoms with Crippen LogP contribution in [0.1, 0.15) is 26.2 Å². The van der Waals surface area contributed by atoms with Gasteiger partial charge in [0.15, 0.2) is 0 Å². The van der Waals surface area contributed by atoms with E-state index in [9.17, 15) is 8.78 Å². The van der Waals surface area contributed by atoms with E-state index in [1.807, 2.05) is 0 Å². The Balaban J connectivity index is 2.46. The zero-order chi connectivity index (χ0) is 12.2. The molecular weight excluding hydrogens is 212 g/mol. The highest BCUT2D eigenvalue weighted by molar-refractivity contribution is 5.84. The van der Waals surface area contributed by atoms with Crippen LogP contribution in [0.5, 0.6) is 0 Å². The topological polar surface area (TPSA) is 28.0 Å². The maximum atomic E-state index is 12.7. The molecule has 90 valence electrons. The van der Waals surface area contributed by atoms with Gasteiger partial charge < -0.3 is 0 Å². The van der Waals surface area contributed by atoms with E-state index in [2.05, 4.69) is 23.4 Å². The van der Waals surface area contributed by atoms with Gasteiger partial charge in [-0.3, -0.25) is 10.0 Å². The van der Waals surface area contributed by atoms with Crippen molar-refractivity contribution in [1.29, 1.82) is 0 Å². The number of hydrogen-bond donors (Lipinski definition) is 0. The van der Waals surface area contributed by atoms with Crippen molar-refractivity contribution in [3.8, 4) is 0 Å². The number of rotatable bonds is 5. The number of nitrogens with zero attached hydrogens (tertiary/aromatic N) is 3.